The van der Waals surface area contributed by atoms with Gasteiger partial charge in [-0.3, -0.25) is 4.79 Å². The summed E-state index contributed by atoms with van der Waals surface area (Å²) in [4.78, 5) is 14.7. The van der Waals surface area contributed by atoms with Gasteiger partial charge in [-0.1, -0.05) is 47.8 Å². The fourth-order valence-electron chi connectivity index (χ4n) is 2.61. The molecule has 1 amide bonds. The lowest BCUT2D eigenvalue weighted by atomic mass is 10.1. The molecule has 2 aromatic rings. The Balaban J connectivity index is 1.56. The van der Waals surface area contributed by atoms with Gasteiger partial charge >= 0.3 is 0 Å². The van der Waals surface area contributed by atoms with E-state index in [-0.39, 0.29) is 11.2 Å². The van der Waals surface area contributed by atoms with Gasteiger partial charge in [0.25, 0.3) is 5.76 Å². The minimum Gasteiger partial charge on any atom is -0.378 e. The van der Waals surface area contributed by atoms with Crippen molar-refractivity contribution in [2.45, 2.75) is 22.3 Å². The molecule has 0 aromatic heterocycles. The summed E-state index contributed by atoms with van der Waals surface area (Å²) in [5.41, 5.74) is 2.91. The molecule has 1 heterocycles. The quantitative estimate of drug-likeness (QED) is 0.403. The maximum Gasteiger partial charge on any atom is 0.288 e. The number of alkyl halides is 2. The van der Waals surface area contributed by atoms with E-state index in [0.717, 1.165) is 16.8 Å². The van der Waals surface area contributed by atoms with Crippen LogP contribution in [0.3, 0.4) is 0 Å². The van der Waals surface area contributed by atoms with Crippen molar-refractivity contribution in [3.05, 3.63) is 59.7 Å². The third kappa shape index (κ3) is 6.30. The van der Waals surface area contributed by atoms with Gasteiger partial charge in [-0.15, -0.1) is 5.10 Å². The predicted molar refractivity (Wildman–Crippen MR) is 117 cm³/mol. The highest BCUT2D eigenvalue weighted by atomic mass is 32.2. The van der Waals surface area contributed by atoms with Gasteiger partial charge in [0.2, 0.25) is 5.91 Å². The van der Waals surface area contributed by atoms with E-state index < -0.39 is 5.76 Å². The Labute approximate surface area is 176 Å². The molecule has 1 fully saturated rings. The molecule has 152 valence electrons. The molecule has 0 saturated carbocycles. The number of nitrogens with one attached hydrogen (secondary N) is 1. The number of anilines is 1. The summed E-state index contributed by atoms with van der Waals surface area (Å²) in [5.74, 6) is -2.58. The second-order valence-corrected chi connectivity index (χ2v) is 8.71. The van der Waals surface area contributed by atoms with E-state index in [1.54, 1.807) is 30.5 Å². The molecule has 1 N–H and O–H groups in total. The minimum atomic E-state index is -2.44. The second kappa shape index (κ2) is 9.89. The third-order valence-corrected chi connectivity index (χ3v) is 5.91. The predicted octanol–water partition coefficient (Wildman–Crippen LogP) is 4.23. The third-order valence-electron chi connectivity index (χ3n) is 4.11. The average Bonchev–Trinajstić information content (AvgIpc) is 3.02. The second-order valence-electron chi connectivity index (χ2n) is 6.46. The van der Waals surface area contributed by atoms with Gasteiger partial charge in [0.05, 0.1) is 11.5 Å². The van der Waals surface area contributed by atoms with E-state index in [0.29, 0.717) is 28.2 Å². The van der Waals surface area contributed by atoms with Gasteiger partial charge in [0.15, 0.2) is 5.17 Å². The molecule has 0 aliphatic carbocycles. The molecule has 1 atom stereocenters. The Kier molecular flexibility index (Phi) is 7.27. The van der Waals surface area contributed by atoms with Gasteiger partial charge < -0.3 is 10.2 Å². The van der Waals surface area contributed by atoms with E-state index in [4.69, 9.17) is 0 Å². The van der Waals surface area contributed by atoms with Crippen molar-refractivity contribution >= 4 is 46.5 Å². The first-order chi connectivity index (χ1) is 13.9. The van der Waals surface area contributed by atoms with Crippen molar-refractivity contribution in [2.24, 2.45) is 10.2 Å². The van der Waals surface area contributed by atoms with Crippen molar-refractivity contribution in [1.82, 2.24) is 5.32 Å². The topological polar surface area (TPSA) is 57.1 Å². The molecule has 1 aliphatic rings. The number of thioether (sulfide) groups is 2. The lowest BCUT2D eigenvalue weighted by Gasteiger charge is -2.11. The molecular formula is C20H20F2N4OS2. The summed E-state index contributed by atoms with van der Waals surface area (Å²) in [5, 5.41) is 11.0. The first-order valence-corrected chi connectivity index (χ1v) is 10.6. The fraction of sp³-hybridized carbons (Fsp3) is 0.250. The summed E-state index contributed by atoms with van der Waals surface area (Å²) in [6.45, 7) is 0. The zero-order valence-corrected chi connectivity index (χ0v) is 17.5. The summed E-state index contributed by atoms with van der Waals surface area (Å²) in [6, 6.07) is 14.7. The largest absolute Gasteiger partial charge is 0.378 e. The van der Waals surface area contributed by atoms with Crippen molar-refractivity contribution in [2.75, 3.05) is 19.0 Å². The molecule has 2 aromatic carbocycles. The number of halogens is 2. The number of hydrogen-bond acceptors (Lipinski definition) is 6. The summed E-state index contributed by atoms with van der Waals surface area (Å²) in [7, 11) is 3.95. The van der Waals surface area contributed by atoms with Crippen molar-refractivity contribution < 1.29 is 13.6 Å². The van der Waals surface area contributed by atoms with E-state index in [1.165, 1.54) is 11.8 Å². The number of hydrogen-bond donors (Lipinski definition) is 1. The summed E-state index contributed by atoms with van der Waals surface area (Å²) < 4.78 is 24.8. The minimum absolute atomic E-state index is 0.134. The SMILES string of the molecule is CN(C)c1ccc(C=NN=C2NC(=O)C(Cc3ccc(SC(F)F)cc3)S2)cc1. The van der Waals surface area contributed by atoms with Gasteiger partial charge in [-0.05, 0) is 41.8 Å². The molecule has 1 saturated heterocycles. The van der Waals surface area contributed by atoms with Crippen LogP contribution in [0.25, 0.3) is 0 Å². The lowest BCUT2D eigenvalue weighted by molar-refractivity contribution is -0.118. The Hall–Kier alpha value is -2.39. The lowest BCUT2D eigenvalue weighted by Crippen LogP contribution is -2.25. The number of carbonyl (C=O) groups excluding carboxylic acids is 1. The molecule has 3 rings (SSSR count). The van der Waals surface area contributed by atoms with E-state index >= 15 is 0 Å². The van der Waals surface area contributed by atoms with Crippen molar-refractivity contribution in [1.29, 1.82) is 0 Å². The number of rotatable bonds is 7. The van der Waals surface area contributed by atoms with Gasteiger partial charge in [0, 0.05) is 24.7 Å². The standard InChI is InChI=1S/C20H20F2N4OS2/c1-26(2)15-7-3-14(4-8-15)12-23-25-20-24-18(27)17(29-20)11-13-5-9-16(10-6-13)28-19(21)22/h3-10,12,17,19H,11H2,1-2H3,(H,24,25,27). The Morgan fingerprint density at radius 1 is 1.17 bits per heavy atom. The van der Waals surface area contributed by atoms with E-state index in [2.05, 4.69) is 15.5 Å². The van der Waals surface area contributed by atoms with E-state index in [9.17, 15) is 13.6 Å². The van der Waals surface area contributed by atoms with Crippen molar-refractivity contribution in [3.8, 4) is 0 Å². The van der Waals surface area contributed by atoms with Crippen LogP contribution in [0.4, 0.5) is 14.5 Å². The van der Waals surface area contributed by atoms with Crippen LogP contribution in [-0.4, -0.2) is 42.4 Å². The summed E-state index contributed by atoms with van der Waals surface area (Å²) in [6.07, 6.45) is 2.12. The van der Waals surface area contributed by atoms with E-state index in [1.807, 2.05) is 43.3 Å². The Morgan fingerprint density at radius 3 is 2.48 bits per heavy atom. The van der Waals surface area contributed by atoms with Crippen LogP contribution in [-0.2, 0) is 11.2 Å². The van der Waals surface area contributed by atoms with Crippen LogP contribution in [0.5, 0.6) is 0 Å². The van der Waals surface area contributed by atoms with Gasteiger partial charge in [-0.2, -0.15) is 13.9 Å². The first kappa shape index (κ1) is 21.3. The van der Waals surface area contributed by atoms with Crippen molar-refractivity contribution in [3.63, 3.8) is 0 Å². The van der Waals surface area contributed by atoms with Gasteiger partial charge in [0.1, 0.15) is 0 Å². The van der Waals surface area contributed by atoms with Crippen LogP contribution in [0, 0.1) is 0 Å². The average molecular weight is 435 g/mol. The normalized spacial score (nSPS) is 18.0. The highest BCUT2D eigenvalue weighted by Gasteiger charge is 2.30. The van der Waals surface area contributed by atoms with Crippen LogP contribution in [0.15, 0.2) is 63.6 Å². The molecule has 1 unspecified atom stereocenters. The maximum absolute atomic E-state index is 12.4. The fourth-order valence-corrected chi connectivity index (χ4v) is 4.08. The molecular weight excluding hydrogens is 414 g/mol. The number of nitrogens with zero attached hydrogens (tertiary/aromatic N) is 3. The smallest absolute Gasteiger partial charge is 0.288 e. The molecule has 0 spiro atoms. The number of benzene rings is 2. The molecule has 9 heteroatoms. The molecule has 1 aliphatic heterocycles. The molecule has 5 nitrogen and oxygen atoms in total. The zero-order chi connectivity index (χ0) is 20.8. The monoisotopic (exact) mass is 434 g/mol. The van der Waals surface area contributed by atoms with Crippen LogP contribution >= 0.6 is 23.5 Å². The van der Waals surface area contributed by atoms with Crippen LogP contribution < -0.4 is 10.2 Å². The highest BCUT2D eigenvalue weighted by molar-refractivity contribution is 8.15. The van der Waals surface area contributed by atoms with Crippen LogP contribution in [0.2, 0.25) is 0 Å². The zero-order valence-electron chi connectivity index (χ0n) is 15.9. The number of amidine groups is 1. The Bertz CT molecular complexity index is 900. The highest BCUT2D eigenvalue weighted by Crippen LogP contribution is 2.27. The number of carbonyl (C=O) groups is 1. The summed E-state index contributed by atoms with van der Waals surface area (Å²) >= 11 is 1.82. The van der Waals surface area contributed by atoms with Crippen LogP contribution in [0.1, 0.15) is 11.1 Å². The Morgan fingerprint density at radius 2 is 1.86 bits per heavy atom. The first-order valence-electron chi connectivity index (χ1n) is 8.80. The van der Waals surface area contributed by atoms with Gasteiger partial charge in [-0.25, -0.2) is 0 Å². The molecule has 0 bridgehead atoms. The maximum atomic E-state index is 12.4. The number of amides is 1. The molecule has 0 radical (unpaired) electrons. The molecule has 29 heavy (non-hydrogen) atoms.